The lowest BCUT2D eigenvalue weighted by atomic mass is 9.93. The number of rotatable bonds is 3. The van der Waals surface area contributed by atoms with Crippen molar-refractivity contribution in [2.45, 2.75) is 60.3 Å². The van der Waals surface area contributed by atoms with E-state index in [4.69, 9.17) is 0 Å². The van der Waals surface area contributed by atoms with E-state index in [1.165, 1.54) is 16.7 Å². The van der Waals surface area contributed by atoms with Crippen molar-refractivity contribution in [3.8, 4) is 0 Å². The zero-order valence-corrected chi connectivity index (χ0v) is 11.2. The third-order valence-corrected chi connectivity index (χ3v) is 2.62. The first kappa shape index (κ1) is 14.2. The van der Waals surface area contributed by atoms with Crippen molar-refractivity contribution < 1.29 is 0 Å². The minimum atomic E-state index is 0.654. The lowest BCUT2D eigenvalue weighted by molar-refractivity contribution is 0.840. The molecule has 15 heavy (non-hydrogen) atoms. The van der Waals surface area contributed by atoms with Gasteiger partial charge in [-0.05, 0) is 35.4 Å². The molecule has 0 fully saturated rings. The summed E-state index contributed by atoms with van der Waals surface area (Å²) in [5.41, 5.74) is 4.50. The van der Waals surface area contributed by atoms with Gasteiger partial charge in [0.05, 0.1) is 0 Å². The highest BCUT2D eigenvalue weighted by Gasteiger charge is 2.05. The number of benzene rings is 1. The molecule has 0 N–H and O–H groups in total. The largest absolute Gasteiger partial charge is 0.0683 e. The minimum Gasteiger partial charge on any atom is -0.0683 e. The van der Waals surface area contributed by atoms with Crippen LogP contribution in [0.5, 0.6) is 0 Å². The predicted octanol–water partition coefficient (Wildman–Crippen LogP) is 4.96. The van der Waals surface area contributed by atoms with E-state index >= 15 is 0 Å². The van der Waals surface area contributed by atoms with E-state index in [-0.39, 0.29) is 0 Å². The standard InChI is InChI=1S/C13H20.C2H6/c1-5-11-7-8-12(6-2)13(9-11)10(3)4;1-2/h7-10H,5-6H2,1-4H3;1-2H3. The Labute approximate surface area is 95.7 Å². The van der Waals surface area contributed by atoms with Crippen molar-refractivity contribution in [2.75, 3.05) is 0 Å². The topological polar surface area (TPSA) is 0 Å². The SMILES string of the molecule is CC.CCc1ccc(CC)c(C(C)C)c1. The molecule has 0 nitrogen and oxygen atoms in total. The van der Waals surface area contributed by atoms with Crippen molar-refractivity contribution in [1.82, 2.24) is 0 Å². The zero-order valence-electron chi connectivity index (χ0n) is 11.2. The second kappa shape index (κ2) is 7.50. The Balaban J connectivity index is 0.000000921. The van der Waals surface area contributed by atoms with E-state index in [0.717, 1.165) is 12.8 Å². The summed E-state index contributed by atoms with van der Waals surface area (Å²) in [6, 6.07) is 6.91. The molecular formula is C15H26. The third-order valence-electron chi connectivity index (χ3n) is 2.62. The first-order chi connectivity index (χ1) is 7.19. The summed E-state index contributed by atoms with van der Waals surface area (Å²) in [7, 11) is 0. The van der Waals surface area contributed by atoms with Crippen molar-refractivity contribution >= 4 is 0 Å². The van der Waals surface area contributed by atoms with Gasteiger partial charge in [0, 0.05) is 0 Å². The van der Waals surface area contributed by atoms with Gasteiger partial charge < -0.3 is 0 Å². The second-order valence-corrected chi connectivity index (χ2v) is 3.89. The Kier molecular flexibility index (Phi) is 7.11. The highest BCUT2D eigenvalue weighted by Crippen LogP contribution is 2.21. The van der Waals surface area contributed by atoms with E-state index in [1.54, 1.807) is 0 Å². The number of hydrogen-bond acceptors (Lipinski definition) is 0. The lowest BCUT2D eigenvalue weighted by Crippen LogP contribution is -1.96. The summed E-state index contributed by atoms with van der Waals surface area (Å²) >= 11 is 0. The molecule has 0 spiro atoms. The molecule has 1 aromatic carbocycles. The van der Waals surface area contributed by atoms with Crippen molar-refractivity contribution in [3.63, 3.8) is 0 Å². The van der Waals surface area contributed by atoms with Crippen LogP contribution in [0.25, 0.3) is 0 Å². The normalized spacial score (nSPS) is 9.80. The molecule has 1 rings (SSSR count). The molecule has 0 heteroatoms. The predicted molar refractivity (Wildman–Crippen MR) is 70.6 cm³/mol. The maximum atomic E-state index is 2.36. The molecule has 0 heterocycles. The Hall–Kier alpha value is -0.780. The fourth-order valence-electron chi connectivity index (χ4n) is 1.72. The molecule has 0 bridgehead atoms. The number of hydrogen-bond donors (Lipinski definition) is 0. The summed E-state index contributed by atoms with van der Waals surface area (Å²) in [4.78, 5) is 0. The van der Waals surface area contributed by atoms with Crippen LogP contribution >= 0.6 is 0 Å². The van der Waals surface area contributed by atoms with Crippen molar-refractivity contribution in [3.05, 3.63) is 34.9 Å². The highest BCUT2D eigenvalue weighted by molar-refractivity contribution is 5.34. The van der Waals surface area contributed by atoms with Gasteiger partial charge >= 0.3 is 0 Å². The van der Waals surface area contributed by atoms with Crippen LogP contribution in [-0.2, 0) is 12.8 Å². The Morgan fingerprint density at radius 2 is 1.60 bits per heavy atom. The van der Waals surface area contributed by atoms with Gasteiger partial charge in [-0.1, -0.05) is 59.7 Å². The van der Waals surface area contributed by atoms with Gasteiger partial charge in [-0.25, -0.2) is 0 Å². The average molecular weight is 206 g/mol. The summed E-state index contributed by atoms with van der Waals surface area (Å²) in [6.45, 7) is 13.0. The van der Waals surface area contributed by atoms with E-state index in [2.05, 4.69) is 45.9 Å². The zero-order chi connectivity index (χ0) is 11.8. The van der Waals surface area contributed by atoms with Gasteiger partial charge in [-0.3, -0.25) is 0 Å². The van der Waals surface area contributed by atoms with Gasteiger partial charge in [0.1, 0.15) is 0 Å². The first-order valence-corrected chi connectivity index (χ1v) is 6.30. The monoisotopic (exact) mass is 206 g/mol. The quantitative estimate of drug-likeness (QED) is 0.655. The van der Waals surface area contributed by atoms with E-state index in [0.29, 0.717) is 5.92 Å². The van der Waals surface area contributed by atoms with Crippen LogP contribution in [0.1, 0.15) is 64.2 Å². The number of aryl methyl sites for hydroxylation is 2. The maximum absolute atomic E-state index is 2.36. The van der Waals surface area contributed by atoms with Crippen molar-refractivity contribution in [1.29, 1.82) is 0 Å². The van der Waals surface area contributed by atoms with E-state index in [1.807, 2.05) is 13.8 Å². The van der Waals surface area contributed by atoms with Crippen LogP contribution in [0.3, 0.4) is 0 Å². The molecule has 1 aromatic rings. The smallest absolute Gasteiger partial charge is 0.0216 e. The Morgan fingerprint density at radius 3 is 2.00 bits per heavy atom. The molecule has 0 amide bonds. The van der Waals surface area contributed by atoms with Crippen LogP contribution < -0.4 is 0 Å². The first-order valence-electron chi connectivity index (χ1n) is 6.30. The second-order valence-electron chi connectivity index (χ2n) is 3.89. The van der Waals surface area contributed by atoms with Crippen LogP contribution in [0.15, 0.2) is 18.2 Å². The fraction of sp³-hybridized carbons (Fsp3) is 0.600. The van der Waals surface area contributed by atoms with Gasteiger partial charge in [0.15, 0.2) is 0 Å². The molecule has 0 aliphatic rings. The highest BCUT2D eigenvalue weighted by atomic mass is 14.1. The van der Waals surface area contributed by atoms with Crippen LogP contribution in [0.4, 0.5) is 0 Å². The van der Waals surface area contributed by atoms with Gasteiger partial charge in [-0.15, -0.1) is 0 Å². The van der Waals surface area contributed by atoms with Gasteiger partial charge in [-0.2, -0.15) is 0 Å². The average Bonchev–Trinajstić information content (AvgIpc) is 2.30. The molecule has 86 valence electrons. The third kappa shape index (κ3) is 4.07. The van der Waals surface area contributed by atoms with Crippen LogP contribution in [-0.4, -0.2) is 0 Å². The molecule has 0 aromatic heterocycles. The van der Waals surface area contributed by atoms with E-state index in [9.17, 15) is 0 Å². The van der Waals surface area contributed by atoms with Gasteiger partial charge in [0.25, 0.3) is 0 Å². The maximum Gasteiger partial charge on any atom is -0.0216 e. The summed E-state index contributed by atoms with van der Waals surface area (Å²) < 4.78 is 0. The summed E-state index contributed by atoms with van der Waals surface area (Å²) in [6.07, 6.45) is 2.29. The molecule has 0 radical (unpaired) electrons. The minimum absolute atomic E-state index is 0.654. The molecule has 0 aliphatic carbocycles. The fourth-order valence-corrected chi connectivity index (χ4v) is 1.72. The molecular weight excluding hydrogens is 180 g/mol. The molecule has 0 unspecified atom stereocenters. The summed E-state index contributed by atoms with van der Waals surface area (Å²) in [5.74, 6) is 0.654. The van der Waals surface area contributed by atoms with Gasteiger partial charge in [0.2, 0.25) is 0 Å². The van der Waals surface area contributed by atoms with Crippen LogP contribution in [0, 0.1) is 0 Å². The Bertz CT molecular complexity index is 271. The molecule has 0 saturated carbocycles. The molecule has 0 saturated heterocycles. The molecule has 0 atom stereocenters. The van der Waals surface area contributed by atoms with Crippen LogP contribution in [0.2, 0.25) is 0 Å². The van der Waals surface area contributed by atoms with Crippen molar-refractivity contribution in [2.24, 2.45) is 0 Å². The summed E-state index contributed by atoms with van der Waals surface area (Å²) in [5, 5.41) is 0. The Morgan fingerprint density at radius 1 is 1.00 bits per heavy atom. The lowest BCUT2D eigenvalue weighted by Gasteiger charge is -2.12. The van der Waals surface area contributed by atoms with E-state index < -0.39 is 0 Å². The molecule has 0 aliphatic heterocycles.